The van der Waals surface area contributed by atoms with Gasteiger partial charge in [-0.3, -0.25) is 4.79 Å². The molecule has 20 heavy (non-hydrogen) atoms. The molecule has 0 unspecified atom stereocenters. The molecule has 1 N–H and O–H groups in total. The molecule has 0 aliphatic rings. The summed E-state index contributed by atoms with van der Waals surface area (Å²) in [5.74, 6) is -0.0767. The maximum Gasteiger partial charge on any atom is 0.228 e. The van der Waals surface area contributed by atoms with Crippen LogP contribution in [0.15, 0.2) is 46.9 Å². The number of halogens is 1. The molecule has 0 bridgehead atoms. The minimum atomic E-state index is -0.0767. The lowest BCUT2D eigenvalue weighted by atomic mass is 10.1. The summed E-state index contributed by atoms with van der Waals surface area (Å²) in [7, 11) is 0. The van der Waals surface area contributed by atoms with E-state index >= 15 is 0 Å². The largest absolute Gasteiger partial charge is 0.326 e. The Kier molecular flexibility index (Phi) is 4.54. The first-order valence-electron chi connectivity index (χ1n) is 6.13. The number of hydrogen-bond acceptors (Lipinski definition) is 2. The van der Waals surface area contributed by atoms with Gasteiger partial charge in [0.2, 0.25) is 5.91 Å². The summed E-state index contributed by atoms with van der Waals surface area (Å²) in [6.07, 6.45) is 0.289. The fourth-order valence-electron chi connectivity index (χ4n) is 1.90. The first-order chi connectivity index (χ1) is 9.56. The van der Waals surface area contributed by atoms with Crippen molar-refractivity contribution in [3.63, 3.8) is 0 Å². The number of amides is 1. The smallest absolute Gasteiger partial charge is 0.228 e. The van der Waals surface area contributed by atoms with E-state index in [1.807, 2.05) is 25.1 Å². The van der Waals surface area contributed by atoms with Crippen molar-refractivity contribution < 1.29 is 4.79 Å². The highest BCUT2D eigenvalue weighted by Gasteiger charge is 2.05. The number of benzene rings is 2. The van der Waals surface area contributed by atoms with Crippen molar-refractivity contribution in [1.82, 2.24) is 0 Å². The highest BCUT2D eigenvalue weighted by molar-refractivity contribution is 9.10. The third-order valence-corrected chi connectivity index (χ3v) is 3.23. The number of nitriles is 1. The molecule has 0 fully saturated rings. The number of carbonyl (C=O) groups is 1. The minimum absolute atomic E-state index is 0.0767. The van der Waals surface area contributed by atoms with Crippen molar-refractivity contribution in [3.05, 3.63) is 63.6 Å². The highest BCUT2D eigenvalue weighted by Crippen LogP contribution is 2.19. The van der Waals surface area contributed by atoms with Crippen LogP contribution in [0.2, 0.25) is 0 Å². The molecule has 0 aromatic heterocycles. The molecular formula is C16H13BrN2O. The topological polar surface area (TPSA) is 52.9 Å². The van der Waals surface area contributed by atoms with Crippen LogP contribution < -0.4 is 5.32 Å². The van der Waals surface area contributed by atoms with Gasteiger partial charge in [-0.25, -0.2) is 0 Å². The van der Waals surface area contributed by atoms with E-state index in [0.29, 0.717) is 5.56 Å². The van der Waals surface area contributed by atoms with Crippen LogP contribution in [0.5, 0.6) is 0 Å². The van der Waals surface area contributed by atoms with E-state index < -0.39 is 0 Å². The lowest BCUT2D eigenvalue weighted by Crippen LogP contribution is -2.14. The van der Waals surface area contributed by atoms with Crippen molar-refractivity contribution in [2.24, 2.45) is 0 Å². The van der Waals surface area contributed by atoms with E-state index in [0.717, 1.165) is 21.3 Å². The first-order valence-corrected chi connectivity index (χ1v) is 6.92. The molecular weight excluding hydrogens is 316 g/mol. The molecule has 1 amide bonds. The van der Waals surface area contributed by atoms with E-state index in [1.165, 1.54) is 0 Å². The van der Waals surface area contributed by atoms with E-state index in [4.69, 9.17) is 5.26 Å². The minimum Gasteiger partial charge on any atom is -0.326 e. The van der Waals surface area contributed by atoms with Crippen LogP contribution in [0.3, 0.4) is 0 Å². The van der Waals surface area contributed by atoms with Gasteiger partial charge in [-0.1, -0.05) is 28.1 Å². The van der Waals surface area contributed by atoms with Crippen LogP contribution in [0.4, 0.5) is 5.69 Å². The van der Waals surface area contributed by atoms with Crippen LogP contribution in [-0.2, 0) is 11.2 Å². The molecule has 0 spiro atoms. The number of rotatable bonds is 3. The molecule has 2 aromatic carbocycles. The van der Waals surface area contributed by atoms with Crippen molar-refractivity contribution >= 4 is 27.5 Å². The third-order valence-electron chi connectivity index (χ3n) is 2.77. The fraction of sp³-hybridized carbons (Fsp3) is 0.125. The lowest BCUT2D eigenvalue weighted by Gasteiger charge is -2.07. The summed E-state index contributed by atoms with van der Waals surface area (Å²) < 4.78 is 0.936. The molecule has 0 aliphatic carbocycles. The van der Waals surface area contributed by atoms with E-state index in [-0.39, 0.29) is 12.3 Å². The normalized spacial score (nSPS) is 9.85. The summed E-state index contributed by atoms with van der Waals surface area (Å²) >= 11 is 3.40. The predicted octanol–water partition coefficient (Wildman–Crippen LogP) is 3.81. The van der Waals surface area contributed by atoms with Crippen LogP contribution in [0.25, 0.3) is 0 Å². The van der Waals surface area contributed by atoms with Crippen LogP contribution >= 0.6 is 15.9 Å². The number of anilines is 1. The van der Waals surface area contributed by atoms with Gasteiger partial charge in [0.05, 0.1) is 18.1 Å². The van der Waals surface area contributed by atoms with Gasteiger partial charge in [-0.2, -0.15) is 5.26 Å². The van der Waals surface area contributed by atoms with E-state index in [1.54, 1.807) is 24.3 Å². The Bertz CT molecular complexity index is 652. The molecule has 2 aromatic rings. The van der Waals surface area contributed by atoms with E-state index in [9.17, 15) is 4.79 Å². The highest BCUT2D eigenvalue weighted by atomic mass is 79.9. The summed E-state index contributed by atoms with van der Waals surface area (Å²) in [5.41, 5.74) is 3.33. The number of nitrogens with one attached hydrogen (secondary N) is 1. The van der Waals surface area contributed by atoms with Crippen molar-refractivity contribution in [1.29, 1.82) is 5.26 Å². The van der Waals surface area contributed by atoms with Gasteiger partial charge in [0.1, 0.15) is 0 Å². The maximum atomic E-state index is 12.0. The van der Waals surface area contributed by atoms with Crippen LogP contribution in [0, 0.1) is 18.3 Å². The Morgan fingerprint density at radius 3 is 2.55 bits per heavy atom. The van der Waals surface area contributed by atoms with Crippen molar-refractivity contribution in [2.75, 3.05) is 5.32 Å². The summed E-state index contributed by atoms with van der Waals surface area (Å²) in [4.78, 5) is 12.0. The molecule has 4 heteroatoms. The lowest BCUT2D eigenvalue weighted by molar-refractivity contribution is -0.115. The Balaban J connectivity index is 2.03. The number of hydrogen-bond donors (Lipinski definition) is 1. The van der Waals surface area contributed by atoms with Crippen molar-refractivity contribution in [2.45, 2.75) is 13.3 Å². The summed E-state index contributed by atoms with van der Waals surface area (Å²) in [6, 6.07) is 14.8. The average molecular weight is 329 g/mol. The van der Waals surface area contributed by atoms with Crippen LogP contribution in [-0.4, -0.2) is 5.91 Å². The van der Waals surface area contributed by atoms with Gasteiger partial charge in [-0.05, 0) is 48.4 Å². The summed E-state index contributed by atoms with van der Waals surface area (Å²) in [5, 5.41) is 11.6. The number of nitrogens with zero attached hydrogens (tertiary/aromatic N) is 1. The molecule has 0 saturated heterocycles. The standard InChI is InChI=1S/C16H13BrN2O/c1-11-6-14(17)9-15(7-11)19-16(20)8-12-2-4-13(10-18)5-3-12/h2-7,9H,8H2,1H3,(H,19,20). The molecule has 0 atom stereocenters. The van der Waals surface area contributed by atoms with Crippen LogP contribution in [0.1, 0.15) is 16.7 Å². The Morgan fingerprint density at radius 1 is 1.25 bits per heavy atom. The first kappa shape index (κ1) is 14.3. The predicted molar refractivity (Wildman–Crippen MR) is 82.4 cm³/mol. The quantitative estimate of drug-likeness (QED) is 0.931. The van der Waals surface area contributed by atoms with Gasteiger partial charge in [-0.15, -0.1) is 0 Å². The zero-order chi connectivity index (χ0) is 14.5. The molecule has 3 nitrogen and oxygen atoms in total. The SMILES string of the molecule is Cc1cc(Br)cc(NC(=O)Cc2ccc(C#N)cc2)c1. The van der Waals surface area contributed by atoms with Gasteiger partial charge in [0, 0.05) is 10.2 Å². The zero-order valence-electron chi connectivity index (χ0n) is 11.0. The number of aryl methyl sites for hydroxylation is 1. The zero-order valence-corrected chi connectivity index (χ0v) is 12.6. The Hall–Kier alpha value is -2.12. The van der Waals surface area contributed by atoms with Crippen molar-refractivity contribution in [3.8, 4) is 6.07 Å². The Labute approximate surface area is 126 Å². The van der Waals surface area contributed by atoms with E-state index in [2.05, 4.69) is 27.3 Å². The second-order valence-electron chi connectivity index (χ2n) is 4.55. The molecule has 0 radical (unpaired) electrons. The fourth-order valence-corrected chi connectivity index (χ4v) is 2.50. The van der Waals surface area contributed by atoms with Gasteiger partial charge >= 0.3 is 0 Å². The second-order valence-corrected chi connectivity index (χ2v) is 5.47. The molecule has 2 rings (SSSR count). The molecule has 0 aliphatic heterocycles. The third kappa shape index (κ3) is 3.94. The van der Waals surface area contributed by atoms with Gasteiger partial charge in [0.25, 0.3) is 0 Å². The summed E-state index contributed by atoms with van der Waals surface area (Å²) in [6.45, 7) is 1.97. The number of carbonyl (C=O) groups excluding carboxylic acids is 1. The average Bonchev–Trinajstić information content (AvgIpc) is 2.38. The maximum absolute atomic E-state index is 12.0. The van der Waals surface area contributed by atoms with Gasteiger partial charge in [0.15, 0.2) is 0 Å². The molecule has 100 valence electrons. The molecule has 0 heterocycles. The Morgan fingerprint density at radius 2 is 1.95 bits per heavy atom. The molecule has 0 saturated carbocycles. The van der Waals surface area contributed by atoms with Gasteiger partial charge < -0.3 is 5.32 Å². The second kappa shape index (κ2) is 6.36. The monoisotopic (exact) mass is 328 g/mol.